The third-order valence-electron chi connectivity index (χ3n) is 3.10. The molecule has 0 aliphatic carbocycles. The minimum Gasteiger partial charge on any atom is -0.495 e. The topological polar surface area (TPSA) is 72.3 Å². The number of methoxy groups -OCH3 is 1. The summed E-state index contributed by atoms with van der Waals surface area (Å²) in [7, 11) is 1.35. The predicted octanol–water partition coefficient (Wildman–Crippen LogP) is 2.16. The van der Waals surface area contributed by atoms with Gasteiger partial charge in [-0.15, -0.1) is 5.10 Å². The van der Waals surface area contributed by atoms with E-state index >= 15 is 0 Å². The van der Waals surface area contributed by atoms with Crippen molar-refractivity contribution in [3.05, 3.63) is 57.3 Å². The Balaban J connectivity index is 2.30. The largest absolute Gasteiger partial charge is 0.495 e. The maximum atomic E-state index is 14.2. The molecule has 110 valence electrons. The smallest absolute Gasteiger partial charge is 0.355 e. The summed E-state index contributed by atoms with van der Waals surface area (Å²) in [5.74, 6) is -0.602. The maximum Gasteiger partial charge on any atom is 0.355 e. The molecule has 0 bridgehead atoms. The highest BCUT2D eigenvalue weighted by molar-refractivity contribution is 6.30. The highest BCUT2D eigenvalue weighted by atomic mass is 35.5. The highest BCUT2D eigenvalue weighted by Gasteiger charge is 2.16. The Hall–Kier alpha value is -2.85. The van der Waals surface area contributed by atoms with E-state index in [2.05, 4.69) is 5.10 Å². The Kier molecular flexibility index (Phi) is 3.31. The summed E-state index contributed by atoms with van der Waals surface area (Å²) in [5.41, 5.74) is -0.343. The first kappa shape index (κ1) is 14.1. The molecule has 2 heterocycles. The summed E-state index contributed by atoms with van der Waals surface area (Å²) >= 11 is 5.84. The molecule has 3 rings (SSSR count). The summed E-state index contributed by atoms with van der Waals surface area (Å²) in [4.78, 5) is 12.3. The molecular formula is C14H8ClFN4O2. The summed E-state index contributed by atoms with van der Waals surface area (Å²) in [5, 5.41) is 13.3. The van der Waals surface area contributed by atoms with Crippen LogP contribution in [0.25, 0.3) is 11.3 Å². The lowest BCUT2D eigenvalue weighted by Crippen LogP contribution is -2.20. The SMILES string of the molecule is COc1cc(-n2nc3ccc(Cl)cn3c2=O)c(F)cc1C#N. The van der Waals surface area contributed by atoms with Gasteiger partial charge in [0.05, 0.1) is 17.7 Å². The van der Waals surface area contributed by atoms with Crippen molar-refractivity contribution in [2.75, 3.05) is 7.11 Å². The third kappa shape index (κ3) is 2.10. The maximum absolute atomic E-state index is 14.2. The number of aromatic nitrogens is 3. The Morgan fingerprint density at radius 1 is 1.41 bits per heavy atom. The molecule has 0 saturated carbocycles. The molecule has 6 nitrogen and oxygen atoms in total. The van der Waals surface area contributed by atoms with Crippen molar-refractivity contribution < 1.29 is 9.13 Å². The third-order valence-corrected chi connectivity index (χ3v) is 3.32. The Morgan fingerprint density at radius 2 is 2.18 bits per heavy atom. The van der Waals surface area contributed by atoms with Crippen LogP contribution in [0, 0.1) is 17.1 Å². The summed E-state index contributed by atoms with van der Waals surface area (Å²) in [6.07, 6.45) is 1.39. The normalized spacial score (nSPS) is 10.6. The average molecular weight is 319 g/mol. The van der Waals surface area contributed by atoms with Gasteiger partial charge in [0.2, 0.25) is 0 Å². The van der Waals surface area contributed by atoms with Crippen LogP contribution in [0.4, 0.5) is 4.39 Å². The second kappa shape index (κ2) is 5.16. The Bertz CT molecular complexity index is 987. The van der Waals surface area contributed by atoms with E-state index in [1.807, 2.05) is 6.07 Å². The van der Waals surface area contributed by atoms with Crippen molar-refractivity contribution in [2.24, 2.45) is 0 Å². The number of nitrogens with zero attached hydrogens (tertiary/aromatic N) is 4. The fourth-order valence-electron chi connectivity index (χ4n) is 2.07. The fraction of sp³-hybridized carbons (Fsp3) is 0.0714. The predicted molar refractivity (Wildman–Crippen MR) is 77.0 cm³/mol. The molecule has 0 aliphatic heterocycles. The zero-order chi connectivity index (χ0) is 15.9. The van der Waals surface area contributed by atoms with Gasteiger partial charge in [0.1, 0.15) is 17.5 Å². The second-order valence-corrected chi connectivity index (χ2v) is 4.82. The van der Waals surface area contributed by atoms with Crippen LogP contribution >= 0.6 is 11.6 Å². The van der Waals surface area contributed by atoms with Crippen molar-refractivity contribution in [1.82, 2.24) is 14.2 Å². The van der Waals surface area contributed by atoms with E-state index in [0.29, 0.717) is 10.7 Å². The molecular weight excluding hydrogens is 311 g/mol. The summed E-state index contributed by atoms with van der Waals surface area (Å²) < 4.78 is 21.3. The van der Waals surface area contributed by atoms with E-state index in [9.17, 15) is 9.18 Å². The highest BCUT2D eigenvalue weighted by Crippen LogP contribution is 2.24. The molecule has 0 aliphatic rings. The Labute approximate surface area is 128 Å². The molecule has 0 saturated heterocycles. The van der Waals surface area contributed by atoms with E-state index in [4.69, 9.17) is 21.6 Å². The minimum atomic E-state index is -0.756. The molecule has 22 heavy (non-hydrogen) atoms. The fourth-order valence-corrected chi connectivity index (χ4v) is 2.23. The lowest BCUT2D eigenvalue weighted by Gasteiger charge is -2.06. The van der Waals surface area contributed by atoms with Gasteiger partial charge in [-0.3, -0.25) is 0 Å². The van der Waals surface area contributed by atoms with Crippen LogP contribution in [0.2, 0.25) is 5.02 Å². The minimum absolute atomic E-state index is 0.0311. The van der Waals surface area contributed by atoms with Crippen LogP contribution in [-0.2, 0) is 0 Å². The number of hydrogen-bond acceptors (Lipinski definition) is 4. The average Bonchev–Trinajstić information content (AvgIpc) is 2.83. The van der Waals surface area contributed by atoms with Gasteiger partial charge in [-0.1, -0.05) is 11.6 Å². The first-order valence-electron chi connectivity index (χ1n) is 6.10. The number of nitriles is 1. The van der Waals surface area contributed by atoms with Crippen molar-refractivity contribution >= 4 is 17.2 Å². The molecule has 0 spiro atoms. The molecule has 0 atom stereocenters. The van der Waals surface area contributed by atoms with E-state index in [-0.39, 0.29) is 17.0 Å². The van der Waals surface area contributed by atoms with Gasteiger partial charge in [0, 0.05) is 12.3 Å². The lowest BCUT2D eigenvalue weighted by atomic mass is 10.2. The van der Waals surface area contributed by atoms with E-state index < -0.39 is 11.5 Å². The molecule has 0 fully saturated rings. The zero-order valence-corrected chi connectivity index (χ0v) is 12.0. The van der Waals surface area contributed by atoms with Crippen LogP contribution in [0.1, 0.15) is 5.56 Å². The molecule has 0 N–H and O–H groups in total. The van der Waals surface area contributed by atoms with Crippen LogP contribution < -0.4 is 10.4 Å². The Morgan fingerprint density at radius 3 is 2.86 bits per heavy atom. The number of pyridine rings is 1. The standard InChI is InChI=1S/C14H8ClFN4O2/c1-22-12-5-11(10(16)4-8(12)6-17)20-14(21)19-7-9(15)2-3-13(19)18-20/h2-5,7H,1H3. The van der Waals surface area contributed by atoms with Crippen molar-refractivity contribution in [1.29, 1.82) is 5.26 Å². The van der Waals surface area contributed by atoms with E-state index in [1.165, 1.54) is 23.8 Å². The lowest BCUT2D eigenvalue weighted by molar-refractivity contribution is 0.411. The van der Waals surface area contributed by atoms with Crippen LogP contribution in [0.15, 0.2) is 35.3 Å². The van der Waals surface area contributed by atoms with Gasteiger partial charge in [-0.25, -0.2) is 13.6 Å². The number of hydrogen-bond donors (Lipinski definition) is 0. The second-order valence-electron chi connectivity index (χ2n) is 4.39. The van der Waals surface area contributed by atoms with Crippen LogP contribution in [0.5, 0.6) is 5.75 Å². The number of rotatable bonds is 2. The number of benzene rings is 1. The van der Waals surface area contributed by atoms with E-state index in [1.54, 1.807) is 12.1 Å². The summed E-state index contributed by atoms with van der Waals surface area (Å²) in [6.45, 7) is 0. The number of halogens is 2. The number of fused-ring (bicyclic) bond motifs is 1. The van der Waals surface area contributed by atoms with Gasteiger partial charge in [-0.2, -0.15) is 9.94 Å². The molecule has 8 heteroatoms. The molecule has 2 aromatic heterocycles. The number of ether oxygens (including phenoxy) is 1. The molecule has 0 radical (unpaired) electrons. The molecule has 0 amide bonds. The molecule has 1 aromatic carbocycles. The summed E-state index contributed by atoms with van der Waals surface area (Å²) in [6, 6.07) is 7.18. The quantitative estimate of drug-likeness (QED) is 0.726. The van der Waals surface area contributed by atoms with Gasteiger partial charge >= 0.3 is 5.69 Å². The van der Waals surface area contributed by atoms with Crippen molar-refractivity contribution in [3.8, 4) is 17.5 Å². The molecule has 3 aromatic rings. The first-order chi connectivity index (χ1) is 10.5. The van der Waals surface area contributed by atoms with Gasteiger partial charge in [0.15, 0.2) is 11.5 Å². The van der Waals surface area contributed by atoms with Gasteiger partial charge in [0.25, 0.3) is 0 Å². The van der Waals surface area contributed by atoms with Gasteiger partial charge in [-0.05, 0) is 18.2 Å². The van der Waals surface area contributed by atoms with Gasteiger partial charge < -0.3 is 4.74 Å². The van der Waals surface area contributed by atoms with Crippen molar-refractivity contribution in [2.45, 2.75) is 0 Å². The molecule has 0 unspecified atom stereocenters. The van der Waals surface area contributed by atoms with E-state index in [0.717, 1.165) is 10.7 Å². The zero-order valence-electron chi connectivity index (χ0n) is 11.2. The monoisotopic (exact) mass is 318 g/mol. The van der Waals surface area contributed by atoms with Crippen molar-refractivity contribution in [3.63, 3.8) is 0 Å². The van der Waals surface area contributed by atoms with Crippen LogP contribution in [-0.4, -0.2) is 21.3 Å². The van der Waals surface area contributed by atoms with Crippen LogP contribution in [0.3, 0.4) is 0 Å². The first-order valence-corrected chi connectivity index (χ1v) is 6.48.